The van der Waals surface area contributed by atoms with Gasteiger partial charge >= 0.3 is 0 Å². The Morgan fingerprint density at radius 1 is 0.964 bits per heavy atom. The molecular weight excluding hydrogens is 352 g/mol. The van der Waals surface area contributed by atoms with E-state index in [1.807, 2.05) is 74.5 Å². The third-order valence-electron chi connectivity index (χ3n) is 4.26. The first-order chi connectivity index (χ1) is 13.6. The van der Waals surface area contributed by atoms with E-state index in [0.29, 0.717) is 13.2 Å². The standard InChI is InChI=1S/C23H24N2O3/c1-17-7-5-8-18(2)23(17)28-16-22(26)25-14-19-9-6-11-21(13-19)27-15-20-10-3-4-12-24-20/h3-13H,14-16H2,1-2H3,(H,25,26). The number of benzene rings is 2. The summed E-state index contributed by atoms with van der Waals surface area (Å²) in [6.45, 7) is 4.74. The highest BCUT2D eigenvalue weighted by molar-refractivity contribution is 5.77. The zero-order chi connectivity index (χ0) is 19.8. The molecule has 0 aliphatic heterocycles. The Hall–Kier alpha value is -3.34. The second kappa shape index (κ2) is 9.55. The van der Waals surface area contributed by atoms with Gasteiger partial charge in [-0.1, -0.05) is 36.4 Å². The van der Waals surface area contributed by atoms with Gasteiger partial charge in [0.05, 0.1) is 5.69 Å². The molecule has 0 aliphatic rings. The van der Waals surface area contributed by atoms with Crippen molar-refractivity contribution in [1.82, 2.24) is 10.3 Å². The van der Waals surface area contributed by atoms with Crippen molar-refractivity contribution >= 4 is 5.91 Å². The van der Waals surface area contributed by atoms with Gasteiger partial charge in [-0.05, 0) is 54.8 Å². The van der Waals surface area contributed by atoms with E-state index < -0.39 is 0 Å². The first-order valence-corrected chi connectivity index (χ1v) is 9.19. The molecule has 1 aromatic heterocycles. The van der Waals surface area contributed by atoms with Crippen molar-refractivity contribution < 1.29 is 14.3 Å². The molecule has 28 heavy (non-hydrogen) atoms. The van der Waals surface area contributed by atoms with E-state index in [9.17, 15) is 4.79 Å². The maximum absolute atomic E-state index is 12.1. The number of rotatable bonds is 8. The molecule has 1 N–H and O–H groups in total. The van der Waals surface area contributed by atoms with Crippen molar-refractivity contribution in [1.29, 1.82) is 0 Å². The van der Waals surface area contributed by atoms with Gasteiger partial charge in [-0.25, -0.2) is 0 Å². The normalized spacial score (nSPS) is 10.4. The molecule has 5 nitrogen and oxygen atoms in total. The lowest BCUT2D eigenvalue weighted by molar-refractivity contribution is -0.123. The van der Waals surface area contributed by atoms with Gasteiger partial charge in [0.1, 0.15) is 18.1 Å². The van der Waals surface area contributed by atoms with Crippen molar-refractivity contribution in [3.05, 3.63) is 89.2 Å². The predicted octanol–water partition coefficient (Wildman–Crippen LogP) is 3.97. The second-order valence-electron chi connectivity index (χ2n) is 6.54. The molecule has 0 spiro atoms. The number of hydrogen-bond donors (Lipinski definition) is 1. The van der Waals surface area contributed by atoms with E-state index in [4.69, 9.17) is 9.47 Å². The Morgan fingerprint density at radius 2 is 1.75 bits per heavy atom. The lowest BCUT2D eigenvalue weighted by atomic mass is 10.1. The van der Waals surface area contributed by atoms with Crippen molar-refractivity contribution in [2.45, 2.75) is 27.0 Å². The zero-order valence-corrected chi connectivity index (χ0v) is 16.1. The Bertz CT molecular complexity index is 906. The highest BCUT2D eigenvalue weighted by Gasteiger charge is 2.07. The fraction of sp³-hybridized carbons (Fsp3) is 0.217. The van der Waals surface area contributed by atoms with E-state index in [1.54, 1.807) is 6.20 Å². The van der Waals surface area contributed by atoms with Crippen LogP contribution in [0.2, 0.25) is 0 Å². The number of nitrogens with zero attached hydrogens (tertiary/aromatic N) is 1. The first-order valence-electron chi connectivity index (χ1n) is 9.19. The van der Waals surface area contributed by atoms with Crippen molar-refractivity contribution in [3.63, 3.8) is 0 Å². The van der Waals surface area contributed by atoms with Gasteiger partial charge in [-0.2, -0.15) is 0 Å². The van der Waals surface area contributed by atoms with Crippen molar-refractivity contribution in [2.75, 3.05) is 6.61 Å². The monoisotopic (exact) mass is 376 g/mol. The van der Waals surface area contributed by atoms with E-state index in [2.05, 4.69) is 10.3 Å². The first kappa shape index (κ1) is 19.4. The van der Waals surface area contributed by atoms with E-state index in [1.165, 1.54) is 0 Å². The SMILES string of the molecule is Cc1cccc(C)c1OCC(=O)NCc1cccc(OCc2ccccn2)c1. The number of nitrogens with one attached hydrogen (secondary N) is 1. The summed E-state index contributed by atoms with van der Waals surface area (Å²) in [6.07, 6.45) is 1.74. The van der Waals surface area contributed by atoms with Gasteiger partial charge in [0.25, 0.3) is 5.91 Å². The molecule has 3 rings (SSSR count). The lowest BCUT2D eigenvalue weighted by Crippen LogP contribution is -2.28. The molecule has 0 radical (unpaired) electrons. The Morgan fingerprint density at radius 3 is 2.50 bits per heavy atom. The Labute approximate surface area is 165 Å². The summed E-state index contributed by atoms with van der Waals surface area (Å²) in [5.74, 6) is 1.34. The summed E-state index contributed by atoms with van der Waals surface area (Å²) in [6, 6.07) is 19.3. The molecule has 144 valence electrons. The van der Waals surface area contributed by atoms with Gasteiger partial charge in [-0.3, -0.25) is 9.78 Å². The summed E-state index contributed by atoms with van der Waals surface area (Å²) in [4.78, 5) is 16.4. The van der Waals surface area contributed by atoms with Gasteiger partial charge in [0.15, 0.2) is 6.61 Å². The molecule has 0 atom stereocenters. The van der Waals surface area contributed by atoms with Crippen molar-refractivity contribution in [3.8, 4) is 11.5 Å². The number of carbonyl (C=O) groups is 1. The largest absolute Gasteiger partial charge is 0.487 e. The summed E-state index contributed by atoms with van der Waals surface area (Å²) in [5, 5.41) is 2.88. The van der Waals surface area contributed by atoms with Crippen LogP contribution in [0.15, 0.2) is 66.9 Å². The highest BCUT2D eigenvalue weighted by Crippen LogP contribution is 2.22. The summed E-state index contributed by atoms with van der Waals surface area (Å²) in [5.41, 5.74) is 3.86. The van der Waals surface area contributed by atoms with Gasteiger partial charge in [-0.15, -0.1) is 0 Å². The Balaban J connectivity index is 1.48. The molecule has 0 aliphatic carbocycles. The second-order valence-corrected chi connectivity index (χ2v) is 6.54. The Kier molecular flexibility index (Phi) is 6.63. The molecule has 0 saturated heterocycles. The minimum absolute atomic E-state index is 0.0123. The van der Waals surface area contributed by atoms with Gasteiger partial charge < -0.3 is 14.8 Å². The molecule has 1 heterocycles. The molecular formula is C23H24N2O3. The fourth-order valence-electron chi connectivity index (χ4n) is 2.80. The van der Waals surface area contributed by atoms with Crippen LogP contribution in [0.3, 0.4) is 0 Å². The van der Waals surface area contributed by atoms with E-state index in [0.717, 1.165) is 33.9 Å². The maximum atomic E-state index is 12.1. The number of carbonyl (C=O) groups excluding carboxylic acids is 1. The molecule has 0 fully saturated rings. The number of amides is 1. The molecule has 0 unspecified atom stereocenters. The molecule has 0 bridgehead atoms. The van der Waals surface area contributed by atoms with Crippen LogP contribution in [-0.2, 0) is 17.9 Å². The van der Waals surface area contributed by atoms with Crippen LogP contribution in [0.5, 0.6) is 11.5 Å². The van der Waals surface area contributed by atoms with E-state index >= 15 is 0 Å². The smallest absolute Gasteiger partial charge is 0.258 e. The number of pyridine rings is 1. The molecule has 0 saturated carbocycles. The van der Waals surface area contributed by atoms with E-state index in [-0.39, 0.29) is 12.5 Å². The summed E-state index contributed by atoms with van der Waals surface area (Å²) >= 11 is 0. The van der Waals surface area contributed by atoms with Crippen LogP contribution in [0.1, 0.15) is 22.4 Å². The van der Waals surface area contributed by atoms with Gasteiger partial charge in [0.2, 0.25) is 0 Å². The predicted molar refractivity (Wildman–Crippen MR) is 108 cm³/mol. The highest BCUT2D eigenvalue weighted by atomic mass is 16.5. The topological polar surface area (TPSA) is 60.5 Å². The number of aromatic nitrogens is 1. The van der Waals surface area contributed by atoms with Crippen LogP contribution in [-0.4, -0.2) is 17.5 Å². The van der Waals surface area contributed by atoms with Crippen LogP contribution >= 0.6 is 0 Å². The summed E-state index contributed by atoms with van der Waals surface area (Å²) in [7, 11) is 0. The average molecular weight is 376 g/mol. The third-order valence-corrected chi connectivity index (χ3v) is 4.26. The number of para-hydroxylation sites is 1. The van der Waals surface area contributed by atoms with Gasteiger partial charge in [0, 0.05) is 12.7 Å². The summed E-state index contributed by atoms with van der Waals surface area (Å²) < 4.78 is 11.5. The van der Waals surface area contributed by atoms with Crippen LogP contribution in [0, 0.1) is 13.8 Å². The fourth-order valence-corrected chi connectivity index (χ4v) is 2.80. The lowest BCUT2D eigenvalue weighted by Gasteiger charge is -2.12. The quantitative estimate of drug-likeness (QED) is 0.646. The molecule has 2 aromatic carbocycles. The molecule has 5 heteroatoms. The third kappa shape index (κ3) is 5.58. The molecule has 3 aromatic rings. The van der Waals surface area contributed by atoms with Crippen molar-refractivity contribution in [2.24, 2.45) is 0 Å². The van der Waals surface area contributed by atoms with Crippen LogP contribution < -0.4 is 14.8 Å². The number of hydrogen-bond acceptors (Lipinski definition) is 4. The van der Waals surface area contributed by atoms with Crippen LogP contribution in [0.4, 0.5) is 0 Å². The zero-order valence-electron chi connectivity index (χ0n) is 16.1. The minimum atomic E-state index is -0.164. The molecule has 1 amide bonds. The minimum Gasteiger partial charge on any atom is -0.487 e. The number of ether oxygens (including phenoxy) is 2. The number of aryl methyl sites for hydroxylation is 2. The maximum Gasteiger partial charge on any atom is 0.258 e. The average Bonchev–Trinajstić information content (AvgIpc) is 2.71. The van der Waals surface area contributed by atoms with Crippen LogP contribution in [0.25, 0.3) is 0 Å².